The Bertz CT molecular complexity index is 1400. The number of halogens is 5. The Hall–Kier alpha value is -3.39. The lowest BCUT2D eigenvalue weighted by atomic mass is 9.89. The Kier molecular flexibility index (Phi) is 8.55. The summed E-state index contributed by atoms with van der Waals surface area (Å²) in [5.74, 6) is -1.90. The van der Waals surface area contributed by atoms with Crippen molar-refractivity contribution in [1.29, 1.82) is 0 Å². The van der Waals surface area contributed by atoms with Crippen LogP contribution in [0.4, 0.5) is 17.6 Å². The number of ether oxygens (including phenoxy) is 3. The number of hydrogen-bond acceptors (Lipinski definition) is 8. The molecular weight excluding hydrogens is 574 g/mol. The average Bonchev–Trinajstić information content (AvgIpc) is 3.24. The van der Waals surface area contributed by atoms with Gasteiger partial charge in [0.15, 0.2) is 11.5 Å². The summed E-state index contributed by atoms with van der Waals surface area (Å²) in [5.41, 5.74) is 0.664. The number of carbonyl (C=O) groups excluding carboxylic acids is 1. The molecular formula is C27H28ClF4N3O6. The molecule has 3 unspecified atom stereocenters. The summed E-state index contributed by atoms with van der Waals surface area (Å²) in [6, 6.07) is 4.44. The number of nitrogens with two attached hydrogens (primary N) is 1. The number of fused-ring (bicyclic) bond motifs is 1. The molecule has 2 aliphatic rings. The Morgan fingerprint density at radius 1 is 1.34 bits per heavy atom. The SMILES string of the molecule is COC1=C(OCCO)C=CC(C(=O)NCC(O)(c2cc3c(c(-c4ccc(F)c(Cl)c4)n2)OCC3(C)N)C(F)(F)F)C1. The Labute approximate surface area is 237 Å². The van der Waals surface area contributed by atoms with Crippen molar-refractivity contribution in [1.82, 2.24) is 10.3 Å². The number of nitrogens with zero attached hydrogens (tertiary/aromatic N) is 1. The quantitative estimate of drug-likeness (QED) is 0.321. The number of aliphatic hydroxyl groups excluding tert-OH is 1. The number of amides is 1. The van der Waals surface area contributed by atoms with Crippen LogP contribution in [0.1, 0.15) is 24.6 Å². The molecule has 222 valence electrons. The normalized spacial score (nSPS) is 21.7. The van der Waals surface area contributed by atoms with Crippen molar-refractivity contribution < 1.29 is 46.8 Å². The fourth-order valence-electron chi connectivity index (χ4n) is 4.45. The largest absolute Gasteiger partial charge is 0.497 e. The highest BCUT2D eigenvalue weighted by atomic mass is 35.5. The highest BCUT2D eigenvalue weighted by Crippen LogP contribution is 2.46. The molecule has 3 atom stereocenters. The molecule has 1 aromatic carbocycles. The van der Waals surface area contributed by atoms with E-state index in [-0.39, 0.29) is 65.4 Å². The first kappa shape index (κ1) is 30.6. The Morgan fingerprint density at radius 2 is 2.07 bits per heavy atom. The second-order valence-corrected chi connectivity index (χ2v) is 10.3. The van der Waals surface area contributed by atoms with Gasteiger partial charge in [-0.05, 0) is 37.3 Å². The van der Waals surface area contributed by atoms with Crippen molar-refractivity contribution in [2.24, 2.45) is 11.7 Å². The van der Waals surface area contributed by atoms with Gasteiger partial charge in [0.25, 0.3) is 0 Å². The van der Waals surface area contributed by atoms with Gasteiger partial charge < -0.3 is 35.5 Å². The van der Waals surface area contributed by atoms with Crippen LogP contribution in [0.2, 0.25) is 5.02 Å². The Morgan fingerprint density at radius 3 is 2.71 bits per heavy atom. The Balaban J connectivity index is 1.68. The van der Waals surface area contributed by atoms with Gasteiger partial charge in [0, 0.05) is 17.5 Å². The molecule has 1 aromatic heterocycles. The molecule has 1 aliphatic carbocycles. The average molecular weight is 602 g/mol. The zero-order chi connectivity index (χ0) is 30.2. The first-order chi connectivity index (χ1) is 19.2. The van der Waals surface area contributed by atoms with Crippen molar-refractivity contribution in [3.05, 3.63) is 70.0 Å². The molecule has 1 aliphatic heterocycles. The van der Waals surface area contributed by atoms with E-state index in [4.69, 9.17) is 36.7 Å². The molecule has 0 radical (unpaired) electrons. The van der Waals surface area contributed by atoms with Crippen LogP contribution in [0.3, 0.4) is 0 Å². The van der Waals surface area contributed by atoms with E-state index in [1.165, 1.54) is 38.3 Å². The third-order valence-electron chi connectivity index (χ3n) is 6.80. The fourth-order valence-corrected chi connectivity index (χ4v) is 4.63. The molecule has 2 aromatic rings. The highest BCUT2D eigenvalue weighted by Gasteiger charge is 2.57. The summed E-state index contributed by atoms with van der Waals surface area (Å²) in [4.78, 5) is 17.0. The topological polar surface area (TPSA) is 136 Å². The van der Waals surface area contributed by atoms with Crippen LogP contribution in [0.15, 0.2) is 47.9 Å². The predicted octanol–water partition coefficient (Wildman–Crippen LogP) is 3.42. The minimum absolute atomic E-state index is 0.0191. The molecule has 0 saturated heterocycles. The number of carbonyl (C=O) groups is 1. The van der Waals surface area contributed by atoms with Crippen molar-refractivity contribution in [3.8, 4) is 17.0 Å². The minimum atomic E-state index is -5.30. The predicted molar refractivity (Wildman–Crippen MR) is 139 cm³/mol. The number of benzene rings is 1. The molecule has 0 saturated carbocycles. The lowest BCUT2D eigenvalue weighted by Gasteiger charge is -2.32. The summed E-state index contributed by atoms with van der Waals surface area (Å²) < 4.78 is 73.6. The number of alkyl halides is 3. The van der Waals surface area contributed by atoms with Gasteiger partial charge in [-0.1, -0.05) is 17.7 Å². The van der Waals surface area contributed by atoms with Crippen LogP contribution >= 0.6 is 11.6 Å². The van der Waals surface area contributed by atoms with Crippen LogP contribution in [-0.4, -0.2) is 60.8 Å². The number of pyridine rings is 1. The third-order valence-corrected chi connectivity index (χ3v) is 7.09. The maximum Gasteiger partial charge on any atom is 0.424 e. The van der Waals surface area contributed by atoms with E-state index in [1.54, 1.807) is 0 Å². The molecule has 0 spiro atoms. The van der Waals surface area contributed by atoms with E-state index in [9.17, 15) is 27.5 Å². The molecule has 0 fully saturated rings. The zero-order valence-electron chi connectivity index (χ0n) is 22.0. The van der Waals surface area contributed by atoms with E-state index < -0.39 is 47.2 Å². The zero-order valence-corrected chi connectivity index (χ0v) is 22.8. The van der Waals surface area contributed by atoms with Crippen molar-refractivity contribution in [3.63, 3.8) is 0 Å². The van der Waals surface area contributed by atoms with Gasteiger partial charge in [-0.25, -0.2) is 9.37 Å². The van der Waals surface area contributed by atoms with Crippen LogP contribution in [0.5, 0.6) is 5.75 Å². The summed E-state index contributed by atoms with van der Waals surface area (Å²) in [5, 5.41) is 21.9. The molecule has 1 amide bonds. The first-order valence-electron chi connectivity index (χ1n) is 12.4. The maximum absolute atomic E-state index is 14.5. The molecule has 4 rings (SSSR count). The van der Waals surface area contributed by atoms with Gasteiger partial charge in [0.05, 0.1) is 42.4 Å². The third kappa shape index (κ3) is 5.98. The fraction of sp³-hybridized carbons (Fsp3) is 0.407. The summed E-state index contributed by atoms with van der Waals surface area (Å²) >= 11 is 5.90. The van der Waals surface area contributed by atoms with Gasteiger partial charge in [0.2, 0.25) is 11.5 Å². The second kappa shape index (κ2) is 11.5. The van der Waals surface area contributed by atoms with Crippen molar-refractivity contribution >= 4 is 17.5 Å². The van der Waals surface area contributed by atoms with Gasteiger partial charge in [0.1, 0.15) is 30.5 Å². The number of aliphatic hydroxyl groups is 2. The van der Waals surface area contributed by atoms with E-state index >= 15 is 0 Å². The minimum Gasteiger partial charge on any atom is -0.497 e. The number of allylic oxidation sites excluding steroid dienone is 2. The van der Waals surface area contributed by atoms with Gasteiger partial charge in [-0.3, -0.25) is 4.79 Å². The standard InChI is InChI=1S/C27H28ClF4N3O6/c1-25(33)13-41-23-16(25)11-21(35-22(23)14-3-5-18(29)17(28)9-14)26(38,27(30,31)32)12-34-24(37)15-4-6-19(40-8-7-36)20(10-15)39-2/h3-6,9,11,15,36,38H,7-8,10,12-13,33H2,1-2H3,(H,34,37). The van der Waals surface area contributed by atoms with Gasteiger partial charge in [-0.2, -0.15) is 13.2 Å². The monoisotopic (exact) mass is 601 g/mol. The van der Waals surface area contributed by atoms with E-state index in [2.05, 4.69) is 10.3 Å². The first-order valence-corrected chi connectivity index (χ1v) is 12.8. The summed E-state index contributed by atoms with van der Waals surface area (Å²) in [6.45, 7) is -0.112. The van der Waals surface area contributed by atoms with Gasteiger partial charge in [-0.15, -0.1) is 0 Å². The summed E-state index contributed by atoms with van der Waals surface area (Å²) in [7, 11) is 1.34. The summed E-state index contributed by atoms with van der Waals surface area (Å²) in [6.07, 6.45) is -2.49. The highest BCUT2D eigenvalue weighted by molar-refractivity contribution is 6.31. The van der Waals surface area contributed by atoms with Crippen molar-refractivity contribution in [2.75, 3.05) is 33.5 Å². The van der Waals surface area contributed by atoms with E-state index in [0.717, 1.165) is 12.1 Å². The molecule has 0 bridgehead atoms. The molecule has 9 nitrogen and oxygen atoms in total. The molecule has 5 N–H and O–H groups in total. The lowest BCUT2D eigenvalue weighted by molar-refractivity contribution is -0.265. The molecule has 14 heteroatoms. The number of nitrogens with one attached hydrogen (secondary N) is 1. The second-order valence-electron chi connectivity index (χ2n) is 9.88. The van der Waals surface area contributed by atoms with Crippen LogP contribution in [0.25, 0.3) is 11.3 Å². The van der Waals surface area contributed by atoms with Crippen LogP contribution < -0.4 is 15.8 Å². The maximum atomic E-state index is 14.5. The van der Waals surface area contributed by atoms with Crippen molar-refractivity contribution in [2.45, 2.75) is 30.7 Å². The number of aromatic nitrogens is 1. The van der Waals surface area contributed by atoms with E-state index in [1.807, 2.05) is 0 Å². The van der Waals surface area contributed by atoms with E-state index in [0.29, 0.717) is 0 Å². The van der Waals surface area contributed by atoms with Crippen LogP contribution in [0, 0.1) is 11.7 Å². The number of methoxy groups -OCH3 is 1. The lowest BCUT2D eigenvalue weighted by Crippen LogP contribution is -2.52. The van der Waals surface area contributed by atoms with Crippen LogP contribution in [-0.2, 0) is 25.4 Å². The molecule has 2 heterocycles. The number of rotatable bonds is 9. The van der Waals surface area contributed by atoms with Gasteiger partial charge >= 0.3 is 6.18 Å². The number of hydrogen-bond donors (Lipinski definition) is 4. The smallest absolute Gasteiger partial charge is 0.424 e. The molecule has 41 heavy (non-hydrogen) atoms.